The Morgan fingerprint density at radius 3 is 2.56 bits per heavy atom. The third-order valence-corrected chi connectivity index (χ3v) is 4.46. The second-order valence-electron chi connectivity index (χ2n) is 5.46. The first-order valence-corrected chi connectivity index (χ1v) is 6.96. The van der Waals surface area contributed by atoms with E-state index in [4.69, 9.17) is 4.74 Å². The lowest BCUT2D eigenvalue weighted by atomic mass is 9.92. The van der Waals surface area contributed by atoms with Gasteiger partial charge in [0.05, 0.1) is 12.6 Å². The fourth-order valence-corrected chi connectivity index (χ4v) is 3.49. The fraction of sp³-hybridized carbons (Fsp3) is 0.600. The summed E-state index contributed by atoms with van der Waals surface area (Å²) in [5.74, 6) is 0.939. The van der Waals surface area contributed by atoms with E-state index in [9.17, 15) is 0 Å². The fourth-order valence-electron chi connectivity index (χ4n) is 3.49. The average molecular weight is 246 g/mol. The number of hydrogen-bond acceptors (Lipinski definition) is 3. The van der Waals surface area contributed by atoms with Gasteiger partial charge in [-0.2, -0.15) is 0 Å². The van der Waals surface area contributed by atoms with Crippen molar-refractivity contribution in [1.29, 1.82) is 0 Å². The predicted molar refractivity (Wildman–Crippen MR) is 74.4 cm³/mol. The van der Waals surface area contributed by atoms with Crippen LogP contribution in [0.25, 0.3) is 0 Å². The number of anilines is 1. The summed E-state index contributed by atoms with van der Waals surface area (Å²) in [6.07, 6.45) is 5.39. The summed E-state index contributed by atoms with van der Waals surface area (Å²) in [5, 5.41) is 3.57. The van der Waals surface area contributed by atoms with Crippen LogP contribution in [0.4, 0.5) is 5.69 Å². The minimum atomic E-state index is 0.368. The molecular formula is C15H22N2O. The van der Waals surface area contributed by atoms with Gasteiger partial charge in [0.2, 0.25) is 0 Å². The van der Waals surface area contributed by atoms with Crippen molar-refractivity contribution in [2.24, 2.45) is 0 Å². The zero-order chi connectivity index (χ0) is 12.4. The van der Waals surface area contributed by atoms with E-state index in [2.05, 4.69) is 34.5 Å². The molecule has 1 aromatic carbocycles. The van der Waals surface area contributed by atoms with E-state index in [1.165, 1.54) is 31.4 Å². The molecule has 1 heterocycles. The molecule has 1 aliphatic heterocycles. The van der Waals surface area contributed by atoms with E-state index in [0.717, 1.165) is 25.4 Å². The van der Waals surface area contributed by atoms with Crippen molar-refractivity contribution in [3.63, 3.8) is 0 Å². The van der Waals surface area contributed by atoms with Gasteiger partial charge in [-0.25, -0.2) is 0 Å². The van der Waals surface area contributed by atoms with Gasteiger partial charge in [-0.3, -0.25) is 0 Å². The van der Waals surface area contributed by atoms with Gasteiger partial charge >= 0.3 is 0 Å². The molecule has 18 heavy (non-hydrogen) atoms. The quantitative estimate of drug-likeness (QED) is 0.867. The summed E-state index contributed by atoms with van der Waals surface area (Å²) in [4.78, 5) is 2.62. The molecule has 1 aromatic rings. The minimum Gasteiger partial charge on any atom is -0.497 e. The molecule has 0 unspecified atom stereocenters. The first-order valence-electron chi connectivity index (χ1n) is 6.96. The van der Waals surface area contributed by atoms with Crippen molar-refractivity contribution in [3.8, 4) is 5.75 Å². The maximum atomic E-state index is 5.24. The van der Waals surface area contributed by atoms with Crippen LogP contribution in [0.2, 0.25) is 0 Å². The Labute approximate surface area is 109 Å². The number of methoxy groups -OCH3 is 1. The predicted octanol–water partition coefficient (Wildman–Crippen LogP) is 2.42. The van der Waals surface area contributed by atoms with Crippen LogP contribution < -0.4 is 15.0 Å². The molecule has 3 rings (SSSR count). The van der Waals surface area contributed by atoms with Gasteiger partial charge < -0.3 is 15.0 Å². The lowest BCUT2D eigenvalue weighted by molar-refractivity contribution is 0.332. The van der Waals surface area contributed by atoms with Crippen LogP contribution in [-0.4, -0.2) is 32.3 Å². The van der Waals surface area contributed by atoms with Gasteiger partial charge in [0.15, 0.2) is 0 Å². The standard InChI is InChI=1S/C15H22N2O/c1-18-14-6-4-13(5-7-14)17-11-10-16-12-15(17)8-2-3-9-15/h4-7,16H,2-3,8-12H2,1H3. The van der Waals surface area contributed by atoms with Crippen LogP contribution in [0.3, 0.4) is 0 Å². The molecule has 0 aromatic heterocycles. The maximum absolute atomic E-state index is 5.24. The van der Waals surface area contributed by atoms with Crippen LogP contribution >= 0.6 is 0 Å². The molecule has 2 aliphatic rings. The van der Waals surface area contributed by atoms with E-state index in [0.29, 0.717) is 5.54 Å². The molecule has 3 heteroatoms. The highest BCUT2D eigenvalue weighted by Crippen LogP contribution is 2.39. The summed E-state index contributed by atoms with van der Waals surface area (Å²) in [6.45, 7) is 3.35. The Balaban J connectivity index is 1.87. The first kappa shape index (κ1) is 11.8. The number of nitrogens with one attached hydrogen (secondary N) is 1. The SMILES string of the molecule is COc1ccc(N2CCNCC23CCCC3)cc1. The van der Waals surface area contributed by atoms with Gasteiger partial charge in [-0.15, -0.1) is 0 Å². The summed E-state index contributed by atoms with van der Waals surface area (Å²) in [5.41, 5.74) is 1.71. The Kier molecular flexibility index (Phi) is 3.16. The number of rotatable bonds is 2. The topological polar surface area (TPSA) is 24.5 Å². The molecule has 98 valence electrons. The van der Waals surface area contributed by atoms with Crippen molar-refractivity contribution in [2.75, 3.05) is 31.6 Å². The van der Waals surface area contributed by atoms with Gasteiger partial charge in [0.1, 0.15) is 5.75 Å². The lowest BCUT2D eigenvalue weighted by Crippen LogP contribution is -2.60. The zero-order valence-corrected chi connectivity index (χ0v) is 11.1. The van der Waals surface area contributed by atoms with E-state index in [1.54, 1.807) is 7.11 Å². The Hall–Kier alpha value is -1.22. The monoisotopic (exact) mass is 246 g/mol. The van der Waals surface area contributed by atoms with E-state index in [-0.39, 0.29) is 0 Å². The van der Waals surface area contributed by atoms with Crippen LogP contribution in [0.1, 0.15) is 25.7 Å². The van der Waals surface area contributed by atoms with Gasteiger partial charge in [-0.05, 0) is 37.1 Å². The largest absolute Gasteiger partial charge is 0.497 e. The lowest BCUT2D eigenvalue weighted by Gasteiger charge is -2.47. The minimum absolute atomic E-state index is 0.368. The second-order valence-corrected chi connectivity index (χ2v) is 5.46. The van der Waals surface area contributed by atoms with Crippen molar-refractivity contribution < 1.29 is 4.74 Å². The first-order chi connectivity index (χ1) is 8.84. The molecule has 1 saturated carbocycles. The van der Waals surface area contributed by atoms with E-state index >= 15 is 0 Å². The van der Waals surface area contributed by atoms with Gasteiger partial charge in [-0.1, -0.05) is 12.8 Å². The van der Waals surface area contributed by atoms with E-state index < -0.39 is 0 Å². The molecule has 0 bridgehead atoms. The number of ether oxygens (including phenoxy) is 1. The normalized spacial score (nSPS) is 22.4. The van der Waals surface area contributed by atoms with Crippen LogP contribution in [0.5, 0.6) is 5.75 Å². The molecular weight excluding hydrogens is 224 g/mol. The Morgan fingerprint density at radius 1 is 1.17 bits per heavy atom. The summed E-state index contributed by atoms with van der Waals surface area (Å²) < 4.78 is 5.24. The number of nitrogens with zero attached hydrogens (tertiary/aromatic N) is 1. The van der Waals surface area contributed by atoms with Crippen molar-refractivity contribution >= 4 is 5.69 Å². The summed E-state index contributed by atoms with van der Waals surface area (Å²) in [7, 11) is 1.72. The van der Waals surface area contributed by atoms with Gasteiger partial charge in [0, 0.05) is 25.3 Å². The zero-order valence-electron chi connectivity index (χ0n) is 11.1. The van der Waals surface area contributed by atoms with Crippen molar-refractivity contribution in [3.05, 3.63) is 24.3 Å². The third-order valence-electron chi connectivity index (χ3n) is 4.46. The Bertz CT molecular complexity index is 395. The summed E-state index contributed by atoms with van der Waals surface area (Å²) in [6, 6.07) is 8.54. The molecule has 0 radical (unpaired) electrons. The molecule has 1 spiro atoms. The molecule has 0 atom stereocenters. The van der Waals surface area contributed by atoms with Crippen molar-refractivity contribution in [1.82, 2.24) is 5.32 Å². The van der Waals surface area contributed by atoms with Crippen molar-refractivity contribution in [2.45, 2.75) is 31.2 Å². The third kappa shape index (κ3) is 1.97. The van der Waals surface area contributed by atoms with Gasteiger partial charge in [0.25, 0.3) is 0 Å². The number of hydrogen-bond donors (Lipinski definition) is 1. The molecule has 2 fully saturated rings. The maximum Gasteiger partial charge on any atom is 0.119 e. The average Bonchev–Trinajstić information content (AvgIpc) is 2.88. The number of piperazine rings is 1. The van der Waals surface area contributed by atoms with Crippen LogP contribution in [0.15, 0.2) is 24.3 Å². The molecule has 1 aliphatic carbocycles. The number of benzene rings is 1. The molecule has 3 nitrogen and oxygen atoms in total. The Morgan fingerprint density at radius 2 is 1.89 bits per heavy atom. The van der Waals surface area contributed by atoms with E-state index in [1.807, 2.05) is 0 Å². The van der Waals surface area contributed by atoms with Crippen LogP contribution in [0, 0.1) is 0 Å². The summed E-state index contributed by atoms with van der Waals surface area (Å²) >= 11 is 0. The highest BCUT2D eigenvalue weighted by atomic mass is 16.5. The highest BCUT2D eigenvalue weighted by molar-refractivity contribution is 5.52. The highest BCUT2D eigenvalue weighted by Gasteiger charge is 2.41. The molecule has 1 saturated heterocycles. The smallest absolute Gasteiger partial charge is 0.119 e. The molecule has 0 amide bonds. The van der Waals surface area contributed by atoms with Crippen LogP contribution in [-0.2, 0) is 0 Å². The molecule has 1 N–H and O–H groups in total. The second kappa shape index (κ2) is 4.81.